The van der Waals surface area contributed by atoms with Gasteiger partial charge in [-0.2, -0.15) is 0 Å². The normalized spacial score (nSPS) is 18.4. The molecule has 1 aliphatic heterocycles. The van der Waals surface area contributed by atoms with E-state index in [9.17, 15) is 18.4 Å². The van der Waals surface area contributed by atoms with Crippen molar-refractivity contribution in [3.63, 3.8) is 0 Å². The van der Waals surface area contributed by atoms with Gasteiger partial charge in [0.15, 0.2) is 11.5 Å². The summed E-state index contributed by atoms with van der Waals surface area (Å²) in [5.41, 5.74) is 0.289. The van der Waals surface area contributed by atoms with E-state index in [0.29, 0.717) is 34.3 Å². The number of hydrogen-bond acceptors (Lipinski definition) is 4. The number of amides is 1. The van der Waals surface area contributed by atoms with Crippen LogP contribution in [0, 0.1) is 18.6 Å². The van der Waals surface area contributed by atoms with E-state index in [1.165, 1.54) is 0 Å². The number of aryl methyl sites for hydroxylation is 1. The number of hydrogen-bond donors (Lipinski definition) is 1. The van der Waals surface area contributed by atoms with Gasteiger partial charge in [0.25, 0.3) is 5.91 Å². The predicted octanol–water partition coefficient (Wildman–Crippen LogP) is 5.41. The predicted molar refractivity (Wildman–Crippen MR) is 104 cm³/mol. The van der Waals surface area contributed by atoms with E-state index in [-0.39, 0.29) is 23.7 Å². The molecule has 0 saturated heterocycles. The number of furan rings is 1. The number of ketones is 1. The monoisotopic (exact) mass is 399 g/mol. The van der Waals surface area contributed by atoms with Crippen molar-refractivity contribution in [1.82, 2.24) is 0 Å². The molecule has 5 nitrogen and oxygen atoms in total. The van der Waals surface area contributed by atoms with Crippen LogP contribution in [0.2, 0.25) is 0 Å². The molecule has 0 bridgehead atoms. The highest BCUT2D eigenvalue weighted by Crippen LogP contribution is 2.41. The number of rotatable bonds is 3. The van der Waals surface area contributed by atoms with Crippen molar-refractivity contribution in [2.45, 2.75) is 39.2 Å². The highest BCUT2D eigenvalue weighted by Gasteiger charge is 2.37. The Hall–Kier alpha value is -3.22. The van der Waals surface area contributed by atoms with E-state index in [1.54, 1.807) is 19.1 Å². The summed E-state index contributed by atoms with van der Waals surface area (Å²) in [6.07, 6.45) is 0.893. The second kappa shape index (κ2) is 6.69. The van der Waals surface area contributed by atoms with Gasteiger partial charge >= 0.3 is 0 Å². The minimum absolute atomic E-state index is 0.0753. The standard InChI is InChI=1S/C22H19F2NO4/c1-4-22(3)10-15(26)19-17(29-22)8-7-16-18(19)11(2)20(28-16)21(27)25-14-9-12(23)5-6-13(14)24/h5-9H,4,10H2,1-3H3,(H,25,27). The lowest BCUT2D eigenvalue weighted by Crippen LogP contribution is -2.38. The molecule has 4 rings (SSSR count). The van der Waals surface area contributed by atoms with E-state index in [2.05, 4.69) is 5.32 Å². The molecule has 0 radical (unpaired) electrons. The van der Waals surface area contributed by atoms with Crippen LogP contribution in [0.4, 0.5) is 14.5 Å². The molecule has 0 aliphatic carbocycles. The smallest absolute Gasteiger partial charge is 0.291 e. The molecule has 7 heteroatoms. The van der Waals surface area contributed by atoms with Crippen LogP contribution >= 0.6 is 0 Å². The first-order valence-electron chi connectivity index (χ1n) is 9.27. The lowest BCUT2D eigenvalue weighted by atomic mass is 9.87. The molecule has 1 atom stereocenters. The van der Waals surface area contributed by atoms with Gasteiger partial charge < -0.3 is 14.5 Å². The maximum Gasteiger partial charge on any atom is 0.291 e. The van der Waals surface area contributed by atoms with Crippen molar-refractivity contribution in [2.75, 3.05) is 5.32 Å². The third kappa shape index (κ3) is 3.16. The maximum absolute atomic E-state index is 13.9. The molecule has 1 N–H and O–H groups in total. The Morgan fingerprint density at radius 2 is 2.00 bits per heavy atom. The van der Waals surface area contributed by atoms with Gasteiger partial charge in [-0.1, -0.05) is 6.92 Å². The number of benzene rings is 2. The Balaban J connectivity index is 1.77. The van der Waals surface area contributed by atoms with Crippen LogP contribution in [0.3, 0.4) is 0 Å². The van der Waals surface area contributed by atoms with Gasteiger partial charge in [0.1, 0.15) is 28.6 Å². The van der Waals surface area contributed by atoms with Crippen molar-refractivity contribution >= 4 is 28.3 Å². The van der Waals surface area contributed by atoms with E-state index in [1.807, 2.05) is 13.8 Å². The zero-order valence-electron chi connectivity index (χ0n) is 16.2. The van der Waals surface area contributed by atoms with E-state index in [0.717, 1.165) is 18.2 Å². The number of fused-ring (bicyclic) bond motifs is 3. The van der Waals surface area contributed by atoms with Crippen LogP contribution < -0.4 is 10.1 Å². The summed E-state index contributed by atoms with van der Waals surface area (Å²) in [6.45, 7) is 5.48. The number of halogens is 2. The lowest BCUT2D eigenvalue weighted by molar-refractivity contribution is 0.0503. The third-order valence-electron chi connectivity index (χ3n) is 5.36. The molecule has 1 amide bonds. The molecule has 29 heavy (non-hydrogen) atoms. The van der Waals surface area contributed by atoms with E-state index < -0.39 is 23.1 Å². The van der Waals surface area contributed by atoms with Crippen molar-refractivity contribution in [1.29, 1.82) is 0 Å². The van der Waals surface area contributed by atoms with Crippen LogP contribution in [0.1, 0.15) is 53.2 Å². The molecule has 150 valence electrons. The highest BCUT2D eigenvalue weighted by molar-refractivity contribution is 6.14. The fraction of sp³-hybridized carbons (Fsp3) is 0.273. The Morgan fingerprint density at radius 1 is 1.24 bits per heavy atom. The quantitative estimate of drug-likeness (QED) is 0.640. The van der Waals surface area contributed by atoms with Gasteiger partial charge in [0, 0.05) is 17.0 Å². The average Bonchev–Trinajstić information content (AvgIpc) is 3.01. The zero-order valence-corrected chi connectivity index (χ0v) is 16.2. The Morgan fingerprint density at radius 3 is 2.72 bits per heavy atom. The summed E-state index contributed by atoms with van der Waals surface area (Å²) in [4.78, 5) is 25.5. The maximum atomic E-state index is 13.9. The van der Waals surface area contributed by atoms with Crippen LogP contribution in [0.25, 0.3) is 11.0 Å². The van der Waals surface area contributed by atoms with Gasteiger partial charge in [-0.15, -0.1) is 0 Å². The molecule has 1 unspecified atom stereocenters. The van der Waals surface area contributed by atoms with Gasteiger partial charge in [-0.3, -0.25) is 9.59 Å². The molecule has 0 spiro atoms. The largest absolute Gasteiger partial charge is 0.486 e. The molecule has 0 fully saturated rings. The van der Waals surface area contributed by atoms with Crippen LogP contribution in [-0.4, -0.2) is 17.3 Å². The molecule has 2 aromatic carbocycles. The summed E-state index contributed by atoms with van der Waals surface area (Å²) >= 11 is 0. The summed E-state index contributed by atoms with van der Waals surface area (Å²) in [7, 11) is 0. The number of Topliss-reactive ketones (excluding diaryl/α,β-unsaturated/α-hetero) is 1. The van der Waals surface area contributed by atoms with Crippen molar-refractivity contribution in [3.8, 4) is 5.75 Å². The minimum atomic E-state index is -0.770. The zero-order chi connectivity index (χ0) is 20.9. The van der Waals surface area contributed by atoms with Gasteiger partial charge in [-0.05, 0) is 44.5 Å². The summed E-state index contributed by atoms with van der Waals surface area (Å²) in [5.74, 6) is -1.90. The van der Waals surface area contributed by atoms with Gasteiger partial charge in [0.2, 0.25) is 0 Å². The molecular weight excluding hydrogens is 380 g/mol. The first-order chi connectivity index (χ1) is 13.7. The first-order valence-corrected chi connectivity index (χ1v) is 9.27. The third-order valence-corrected chi connectivity index (χ3v) is 5.36. The van der Waals surface area contributed by atoms with Crippen LogP contribution in [0.5, 0.6) is 5.75 Å². The van der Waals surface area contributed by atoms with E-state index >= 15 is 0 Å². The van der Waals surface area contributed by atoms with Crippen LogP contribution in [0.15, 0.2) is 34.7 Å². The van der Waals surface area contributed by atoms with Gasteiger partial charge in [0.05, 0.1) is 17.7 Å². The minimum Gasteiger partial charge on any atom is -0.486 e. The lowest BCUT2D eigenvalue weighted by Gasteiger charge is -2.34. The first kappa shape index (κ1) is 19.1. The van der Waals surface area contributed by atoms with Crippen LogP contribution in [-0.2, 0) is 0 Å². The molecule has 1 aliphatic rings. The summed E-state index contributed by atoms with van der Waals surface area (Å²) in [5, 5.41) is 2.81. The molecule has 1 aromatic heterocycles. The second-order valence-electron chi connectivity index (χ2n) is 7.45. The fourth-order valence-corrected chi connectivity index (χ4v) is 3.60. The number of carbonyl (C=O) groups excluding carboxylic acids is 2. The summed E-state index contributed by atoms with van der Waals surface area (Å²) < 4.78 is 38.9. The highest BCUT2D eigenvalue weighted by atomic mass is 19.1. The Bertz CT molecular complexity index is 1170. The number of ether oxygens (including phenoxy) is 1. The number of nitrogens with one attached hydrogen (secondary N) is 1. The SMILES string of the molecule is CCC1(C)CC(=O)c2c(ccc3oc(C(=O)Nc4cc(F)ccc4F)c(C)c23)O1. The molecule has 2 heterocycles. The van der Waals surface area contributed by atoms with Crippen molar-refractivity contribution in [2.24, 2.45) is 0 Å². The van der Waals surface area contributed by atoms with E-state index in [4.69, 9.17) is 9.15 Å². The van der Waals surface area contributed by atoms with Gasteiger partial charge in [-0.25, -0.2) is 8.78 Å². The Labute approximate surface area is 165 Å². The fourth-order valence-electron chi connectivity index (χ4n) is 3.60. The average molecular weight is 399 g/mol. The molecule has 0 saturated carbocycles. The molecular formula is C22H19F2NO4. The number of carbonyl (C=O) groups is 2. The van der Waals surface area contributed by atoms with Crippen molar-refractivity contribution in [3.05, 3.63) is 58.9 Å². The van der Waals surface area contributed by atoms with Crippen molar-refractivity contribution < 1.29 is 27.5 Å². The second-order valence-corrected chi connectivity index (χ2v) is 7.45. The topological polar surface area (TPSA) is 68.5 Å². The summed E-state index contributed by atoms with van der Waals surface area (Å²) in [6, 6.07) is 6.05. The number of anilines is 1. The molecule has 3 aromatic rings. The Kier molecular flexibility index (Phi) is 4.41.